The van der Waals surface area contributed by atoms with Gasteiger partial charge in [0.2, 0.25) is 0 Å². The van der Waals surface area contributed by atoms with Crippen LogP contribution in [0.25, 0.3) is 0 Å². The second-order valence-electron chi connectivity index (χ2n) is 2.70. The summed E-state index contributed by atoms with van der Waals surface area (Å²) in [6.07, 6.45) is -3.56. The second-order valence-corrected chi connectivity index (χ2v) is 3.08. The van der Waals surface area contributed by atoms with E-state index in [1.165, 1.54) is 0 Å². The summed E-state index contributed by atoms with van der Waals surface area (Å²) in [5, 5.41) is -0.109. The monoisotopic (exact) mass is 224 g/mol. The summed E-state index contributed by atoms with van der Waals surface area (Å²) in [7, 11) is 0. The van der Waals surface area contributed by atoms with Crippen LogP contribution in [0.1, 0.15) is 18.1 Å². The van der Waals surface area contributed by atoms with Gasteiger partial charge in [0, 0.05) is 6.20 Å². The first-order valence-corrected chi connectivity index (χ1v) is 4.25. The van der Waals surface area contributed by atoms with Crippen LogP contribution in [0.3, 0.4) is 0 Å². The zero-order chi connectivity index (χ0) is 10.9. The van der Waals surface area contributed by atoms with Crippen molar-refractivity contribution in [3.8, 4) is 0 Å². The van der Waals surface area contributed by atoms with Gasteiger partial charge in [0.05, 0.1) is 10.6 Å². The maximum atomic E-state index is 12.4. The lowest BCUT2D eigenvalue weighted by atomic mass is 10.1. The highest BCUT2D eigenvalue weighted by molar-refractivity contribution is 6.33. The van der Waals surface area contributed by atoms with E-state index >= 15 is 0 Å². The van der Waals surface area contributed by atoms with E-state index in [-0.39, 0.29) is 22.8 Å². The number of pyridine rings is 1. The standard InChI is InChI=1S/C8H8ClF3N2/c1-2-4-5(8(10,11)12)3-14-7(13)6(4)9/h3H,2H2,1H3,(H2,13,14). The molecule has 2 N–H and O–H groups in total. The molecule has 0 saturated carbocycles. The van der Waals surface area contributed by atoms with Crippen molar-refractivity contribution in [1.82, 2.24) is 4.98 Å². The third-order valence-electron chi connectivity index (χ3n) is 1.81. The first-order valence-electron chi connectivity index (χ1n) is 3.88. The summed E-state index contributed by atoms with van der Waals surface area (Å²) in [6.45, 7) is 1.58. The van der Waals surface area contributed by atoms with Gasteiger partial charge in [-0.05, 0) is 12.0 Å². The van der Waals surface area contributed by atoms with Crippen LogP contribution in [0, 0.1) is 0 Å². The third kappa shape index (κ3) is 1.92. The lowest BCUT2D eigenvalue weighted by molar-refractivity contribution is -0.138. The fourth-order valence-corrected chi connectivity index (χ4v) is 1.42. The van der Waals surface area contributed by atoms with Gasteiger partial charge in [-0.2, -0.15) is 13.2 Å². The molecule has 0 fully saturated rings. The molecule has 0 saturated heterocycles. The minimum absolute atomic E-state index is 0.00772. The van der Waals surface area contributed by atoms with Gasteiger partial charge in [-0.1, -0.05) is 18.5 Å². The fourth-order valence-electron chi connectivity index (χ4n) is 1.13. The van der Waals surface area contributed by atoms with E-state index in [1.54, 1.807) is 6.92 Å². The number of anilines is 1. The summed E-state index contributed by atoms with van der Waals surface area (Å²) in [6, 6.07) is 0. The smallest absolute Gasteiger partial charge is 0.382 e. The maximum Gasteiger partial charge on any atom is 0.418 e. The van der Waals surface area contributed by atoms with Gasteiger partial charge in [0.15, 0.2) is 0 Å². The summed E-state index contributed by atoms with van der Waals surface area (Å²) < 4.78 is 37.2. The number of nitrogen functional groups attached to an aromatic ring is 1. The van der Waals surface area contributed by atoms with Gasteiger partial charge >= 0.3 is 6.18 Å². The number of halogens is 4. The average Bonchev–Trinajstić information content (AvgIpc) is 2.07. The minimum atomic E-state index is -4.43. The molecule has 0 unspecified atom stereocenters. The fraction of sp³-hybridized carbons (Fsp3) is 0.375. The van der Waals surface area contributed by atoms with Crippen LogP contribution in [0.5, 0.6) is 0 Å². The zero-order valence-electron chi connectivity index (χ0n) is 7.32. The van der Waals surface area contributed by atoms with E-state index in [1.807, 2.05) is 0 Å². The Balaban J connectivity index is 3.39. The molecule has 1 aromatic heterocycles. The Morgan fingerprint density at radius 1 is 1.50 bits per heavy atom. The normalized spacial score (nSPS) is 11.8. The minimum Gasteiger partial charge on any atom is -0.382 e. The largest absolute Gasteiger partial charge is 0.418 e. The molecule has 78 valence electrons. The summed E-state index contributed by atoms with van der Waals surface area (Å²) in [5.74, 6) is -0.0727. The quantitative estimate of drug-likeness (QED) is 0.797. The molecule has 6 heteroatoms. The Labute approximate surface area is 83.9 Å². The summed E-state index contributed by atoms with van der Waals surface area (Å²) >= 11 is 5.62. The number of hydrogen-bond donors (Lipinski definition) is 1. The van der Waals surface area contributed by atoms with E-state index in [9.17, 15) is 13.2 Å². The van der Waals surface area contributed by atoms with E-state index in [2.05, 4.69) is 4.98 Å². The predicted octanol–water partition coefficient (Wildman–Crippen LogP) is 2.90. The van der Waals surface area contributed by atoms with Crippen LogP contribution in [-0.2, 0) is 12.6 Å². The number of aromatic nitrogens is 1. The van der Waals surface area contributed by atoms with Crippen LogP contribution in [0.2, 0.25) is 5.02 Å². The van der Waals surface area contributed by atoms with Gasteiger partial charge in [-0.15, -0.1) is 0 Å². The zero-order valence-corrected chi connectivity index (χ0v) is 8.08. The molecule has 2 nitrogen and oxygen atoms in total. The van der Waals surface area contributed by atoms with Crippen LogP contribution in [0.4, 0.5) is 19.0 Å². The van der Waals surface area contributed by atoms with Gasteiger partial charge in [0.1, 0.15) is 5.82 Å². The molecule has 0 amide bonds. The first kappa shape index (κ1) is 11.1. The molecular weight excluding hydrogens is 217 g/mol. The van der Waals surface area contributed by atoms with Gasteiger partial charge < -0.3 is 5.73 Å². The molecule has 0 aliphatic rings. The molecule has 1 rings (SSSR count). The van der Waals surface area contributed by atoms with E-state index in [0.717, 1.165) is 0 Å². The Morgan fingerprint density at radius 3 is 2.50 bits per heavy atom. The molecule has 14 heavy (non-hydrogen) atoms. The molecule has 0 radical (unpaired) electrons. The molecule has 0 spiro atoms. The van der Waals surface area contributed by atoms with Crippen LogP contribution in [0.15, 0.2) is 6.20 Å². The highest BCUT2D eigenvalue weighted by atomic mass is 35.5. The van der Waals surface area contributed by atoms with E-state index in [0.29, 0.717) is 6.20 Å². The van der Waals surface area contributed by atoms with Crippen LogP contribution >= 0.6 is 11.6 Å². The van der Waals surface area contributed by atoms with Crippen molar-refractivity contribution in [2.24, 2.45) is 0 Å². The van der Waals surface area contributed by atoms with Gasteiger partial charge in [-0.3, -0.25) is 0 Å². The number of rotatable bonds is 1. The second kappa shape index (κ2) is 3.65. The molecule has 1 aromatic rings. The highest BCUT2D eigenvalue weighted by Crippen LogP contribution is 2.36. The first-order chi connectivity index (χ1) is 6.38. The summed E-state index contributed by atoms with van der Waals surface area (Å²) in [5.41, 5.74) is 4.47. The lowest BCUT2D eigenvalue weighted by Crippen LogP contribution is -2.11. The van der Waals surface area contributed by atoms with E-state index < -0.39 is 11.7 Å². The highest BCUT2D eigenvalue weighted by Gasteiger charge is 2.34. The third-order valence-corrected chi connectivity index (χ3v) is 2.23. The van der Waals surface area contributed by atoms with E-state index in [4.69, 9.17) is 17.3 Å². The molecule has 0 bridgehead atoms. The van der Waals surface area contributed by atoms with Crippen molar-refractivity contribution in [1.29, 1.82) is 0 Å². The Morgan fingerprint density at radius 2 is 2.07 bits per heavy atom. The lowest BCUT2D eigenvalue weighted by Gasteiger charge is -2.13. The maximum absolute atomic E-state index is 12.4. The molecular formula is C8H8ClF3N2. The molecule has 0 aliphatic heterocycles. The molecule has 0 atom stereocenters. The van der Waals surface area contributed by atoms with Crippen LogP contribution in [-0.4, -0.2) is 4.98 Å². The predicted molar refractivity (Wildman–Crippen MR) is 48.0 cm³/mol. The summed E-state index contributed by atoms with van der Waals surface area (Å²) in [4.78, 5) is 3.38. The number of nitrogens with two attached hydrogens (primary N) is 1. The topological polar surface area (TPSA) is 38.9 Å². The Bertz CT molecular complexity index is 349. The molecule has 1 heterocycles. The number of hydrogen-bond acceptors (Lipinski definition) is 2. The Kier molecular flexibility index (Phi) is 2.89. The number of alkyl halides is 3. The Hall–Kier alpha value is -0.970. The van der Waals surface area contributed by atoms with Crippen LogP contribution < -0.4 is 5.73 Å². The molecule has 0 aliphatic carbocycles. The van der Waals surface area contributed by atoms with Crippen molar-refractivity contribution < 1.29 is 13.2 Å². The van der Waals surface area contributed by atoms with Crippen molar-refractivity contribution in [2.75, 3.05) is 5.73 Å². The van der Waals surface area contributed by atoms with Crippen molar-refractivity contribution in [3.63, 3.8) is 0 Å². The van der Waals surface area contributed by atoms with Crippen molar-refractivity contribution >= 4 is 17.4 Å². The number of nitrogens with zero attached hydrogens (tertiary/aromatic N) is 1. The van der Waals surface area contributed by atoms with Gasteiger partial charge in [0.25, 0.3) is 0 Å². The molecule has 0 aromatic carbocycles. The van der Waals surface area contributed by atoms with Gasteiger partial charge in [-0.25, -0.2) is 4.98 Å². The van der Waals surface area contributed by atoms with Crippen molar-refractivity contribution in [2.45, 2.75) is 19.5 Å². The van der Waals surface area contributed by atoms with Crippen molar-refractivity contribution in [3.05, 3.63) is 22.3 Å². The average molecular weight is 225 g/mol. The SMILES string of the molecule is CCc1c(C(F)(F)F)cnc(N)c1Cl.